The summed E-state index contributed by atoms with van der Waals surface area (Å²) in [5.41, 5.74) is 1.58. The van der Waals surface area contributed by atoms with E-state index in [1.165, 1.54) is 18.1 Å². The molecule has 0 radical (unpaired) electrons. The second-order valence-corrected chi connectivity index (χ2v) is 6.96. The number of nitrogens with one attached hydrogen (secondary N) is 1. The Bertz CT molecular complexity index is 1000. The number of amides is 2. The molecule has 0 saturated carbocycles. The van der Waals surface area contributed by atoms with Gasteiger partial charge in [0.25, 0.3) is 11.8 Å². The number of benzene rings is 2. The second kappa shape index (κ2) is 7.68. The highest BCUT2D eigenvalue weighted by atomic mass is 35.5. The molecule has 2 aromatic carbocycles. The van der Waals surface area contributed by atoms with Crippen LogP contribution in [-0.4, -0.2) is 24.0 Å². The van der Waals surface area contributed by atoms with Crippen LogP contribution >= 0.6 is 35.4 Å². The third-order valence-corrected chi connectivity index (χ3v) is 5.00. The van der Waals surface area contributed by atoms with Crippen LogP contribution in [0.3, 0.4) is 0 Å². The van der Waals surface area contributed by atoms with E-state index in [9.17, 15) is 9.59 Å². The highest BCUT2D eigenvalue weighted by Gasteiger charge is 2.35. The second-order valence-electron chi connectivity index (χ2n) is 5.73. The number of halogens is 2. The van der Waals surface area contributed by atoms with E-state index in [1.807, 2.05) is 0 Å². The predicted octanol–water partition coefficient (Wildman–Crippen LogP) is 4.14. The standard InChI is InChI=1S/C19H14Cl2N2O3S/c1-10-14(21)4-3-5-15(10)23-18(25)13(17(24)22-19(23)27)9-11-8-12(20)6-7-16(11)26-2/h3-9H,1-2H3,(H,22,24,27)/b13-9+. The third-order valence-electron chi connectivity index (χ3n) is 4.07. The number of anilines is 1. The van der Waals surface area contributed by atoms with E-state index in [1.54, 1.807) is 43.3 Å². The quantitative estimate of drug-likeness (QED) is 0.460. The highest BCUT2D eigenvalue weighted by Crippen LogP contribution is 2.31. The van der Waals surface area contributed by atoms with Gasteiger partial charge in [0.05, 0.1) is 12.8 Å². The third kappa shape index (κ3) is 3.69. The van der Waals surface area contributed by atoms with Crippen LogP contribution in [0.4, 0.5) is 5.69 Å². The fourth-order valence-corrected chi connectivity index (χ4v) is 3.31. The van der Waals surface area contributed by atoms with E-state index in [4.69, 9.17) is 40.2 Å². The molecule has 0 bridgehead atoms. The van der Waals surface area contributed by atoms with Gasteiger partial charge in [-0.25, -0.2) is 0 Å². The highest BCUT2D eigenvalue weighted by molar-refractivity contribution is 7.80. The van der Waals surface area contributed by atoms with Gasteiger partial charge < -0.3 is 4.74 Å². The van der Waals surface area contributed by atoms with Crippen molar-refractivity contribution < 1.29 is 14.3 Å². The lowest BCUT2D eigenvalue weighted by atomic mass is 10.1. The Morgan fingerprint density at radius 3 is 2.63 bits per heavy atom. The maximum atomic E-state index is 13.1. The number of ether oxygens (including phenoxy) is 1. The van der Waals surface area contributed by atoms with Gasteiger partial charge in [-0.3, -0.25) is 19.8 Å². The van der Waals surface area contributed by atoms with Crippen molar-refractivity contribution in [3.05, 3.63) is 63.1 Å². The average Bonchev–Trinajstić information content (AvgIpc) is 2.62. The summed E-state index contributed by atoms with van der Waals surface area (Å²) in [7, 11) is 1.49. The van der Waals surface area contributed by atoms with E-state index < -0.39 is 11.8 Å². The number of thiocarbonyl (C=S) groups is 1. The summed E-state index contributed by atoms with van der Waals surface area (Å²) in [6.07, 6.45) is 1.43. The molecule has 2 amide bonds. The minimum atomic E-state index is -0.594. The minimum Gasteiger partial charge on any atom is -0.496 e. The molecule has 1 saturated heterocycles. The van der Waals surface area contributed by atoms with Gasteiger partial charge in [-0.05, 0) is 61.1 Å². The van der Waals surface area contributed by atoms with Gasteiger partial charge in [0, 0.05) is 15.6 Å². The number of rotatable bonds is 3. The van der Waals surface area contributed by atoms with Gasteiger partial charge in [-0.2, -0.15) is 0 Å². The van der Waals surface area contributed by atoms with Gasteiger partial charge in [0.2, 0.25) is 0 Å². The van der Waals surface area contributed by atoms with Gasteiger partial charge >= 0.3 is 0 Å². The number of nitrogens with zero attached hydrogens (tertiary/aromatic N) is 1. The Morgan fingerprint density at radius 2 is 1.93 bits per heavy atom. The molecule has 0 aromatic heterocycles. The lowest BCUT2D eigenvalue weighted by Crippen LogP contribution is -2.54. The fourth-order valence-electron chi connectivity index (χ4n) is 2.69. The molecule has 27 heavy (non-hydrogen) atoms. The van der Waals surface area contributed by atoms with Crippen molar-refractivity contribution in [3.8, 4) is 5.75 Å². The van der Waals surface area contributed by atoms with Crippen LogP contribution in [0.2, 0.25) is 10.0 Å². The van der Waals surface area contributed by atoms with Crippen molar-refractivity contribution in [2.45, 2.75) is 6.92 Å². The molecule has 8 heteroatoms. The molecule has 0 atom stereocenters. The Kier molecular flexibility index (Phi) is 5.51. The van der Waals surface area contributed by atoms with Crippen LogP contribution in [0.15, 0.2) is 42.0 Å². The summed E-state index contributed by atoms with van der Waals surface area (Å²) in [5, 5.41) is 3.47. The topological polar surface area (TPSA) is 58.6 Å². The van der Waals surface area contributed by atoms with Crippen molar-refractivity contribution in [3.63, 3.8) is 0 Å². The lowest BCUT2D eigenvalue weighted by molar-refractivity contribution is -0.122. The predicted molar refractivity (Wildman–Crippen MR) is 110 cm³/mol. The van der Waals surface area contributed by atoms with Crippen LogP contribution in [0, 0.1) is 6.92 Å². The van der Waals surface area contributed by atoms with E-state index in [-0.39, 0.29) is 10.7 Å². The van der Waals surface area contributed by atoms with Crippen molar-refractivity contribution in [1.29, 1.82) is 0 Å². The summed E-state index contributed by atoms with van der Waals surface area (Å²) in [6, 6.07) is 10.0. The van der Waals surface area contributed by atoms with Crippen molar-refractivity contribution >= 4 is 64.1 Å². The largest absolute Gasteiger partial charge is 0.496 e. The van der Waals surface area contributed by atoms with E-state index >= 15 is 0 Å². The van der Waals surface area contributed by atoms with Crippen LogP contribution in [0.1, 0.15) is 11.1 Å². The maximum absolute atomic E-state index is 13.1. The van der Waals surface area contributed by atoms with E-state index in [0.29, 0.717) is 32.6 Å². The maximum Gasteiger partial charge on any atom is 0.270 e. The summed E-state index contributed by atoms with van der Waals surface area (Å²) in [6.45, 7) is 1.77. The number of hydrogen-bond acceptors (Lipinski definition) is 4. The molecule has 1 aliphatic rings. The van der Waals surface area contributed by atoms with Crippen molar-refractivity contribution in [2.75, 3.05) is 12.0 Å². The molecule has 0 unspecified atom stereocenters. The molecular formula is C19H14Cl2N2O3S. The first kappa shape index (κ1) is 19.4. The Morgan fingerprint density at radius 1 is 1.19 bits per heavy atom. The molecule has 1 heterocycles. The molecular weight excluding hydrogens is 407 g/mol. The first-order valence-electron chi connectivity index (χ1n) is 7.83. The van der Waals surface area contributed by atoms with Gasteiger partial charge in [-0.1, -0.05) is 29.3 Å². The summed E-state index contributed by atoms with van der Waals surface area (Å²) in [4.78, 5) is 26.8. The van der Waals surface area contributed by atoms with Crippen molar-refractivity contribution in [1.82, 2.24) is 5.32 Å². The zero-order valence-electron chi connectivity index (χ0n) is 14.4. The van der Waals surface area contributed by atoms with Crippen LogP contribution in [-0.2, 0) is 9.59 Å². The number of hydrogen-bond donors (Lipinski definition) is 1. The Labute approximate surface area is 171 Å². The van der Waals surface area contributed by atoms with Gasteiger partial charge in [0.15, 0.2) is 5.11 Å². The molecule has 2 aromatic rings. The molecule has 1 aliphatic heterocycles. The number of methoxy groups -OCH3 is 1. The first-order valence-corrected chi connectivity index (χ1v) is 9.00. The van der Waals surface area contributed by atoms with Gasteiger partial charge in [-0.15, -0.1) is 0 Å². The Balaban J connectivity index is 2.11. The van der Waals surface area contributed by atoms with E-state index in [0.717, 1.165) is 0 Å². The zero-order valence-corrected chi connectivity index (χ0v) is 16.7. The average molecular weight is 421 g/mol. The summed E-state index contributed by atoms with van der Waals surface area (Å²) < 4.78 is 5.28. The first-order chi connectivity index (χ1) is 12.8. The molecule has 1 fully saturated rings. The minimum absolute atomic E-state index is 0.00873. The van der Waals surface area contributed by atoms with Crippen LogP contribution in [0.5, 0.6) is 5.75 Å². The van der Waals surface area contributed by atoms with Crippen molar-refractivity contribution in [2.24, 2.45) is 0 Å². The Hall–Kier alpha value is -2.41. The monoisotopic (exact) mass is 420 g/mol. The zero-order chi connectivity index (χ0) is 19.7. The molecule has 5 nitrogen and oxygen atoms in total. The summed E-state index contributed by atoms with van der Waals surface area (Å²) >= 11 is 17.4. The normalized spacial score (nSPS) is 15.9. The fraction of sp³-hybridized carbons (Fsp3) is 0.105. The summed E-state index contributed by atoms with van der Waals surface area (Å²) in [5.74, 6) is -0.676. The molecule has 0 spiro atoms. The molecule has 1 N–H and O–H groups in total. The molecule has 138 valence electrons. The molecule has 0 aliphatic carbocycles. The van der Waals surface area contributed by atoms with Crippen LogP contribution < -0.4 is 15.0 Å². The molecule has 3 rings (SSSR count). The SMILES string of the molecule is COc1ccc(Cl)cc1/C=C1\C(=O)NC(=S)N(c2cccc(Cl)c2C)C1=O. The van der Waals surface area contributed by atoms with Crippen LogP contribution in [0.25, 0.3) is 6.08 Å². The number of carbonyl (C=O) groups is 2. The van der Waals surface area contributed by atoms with E-state index in [2.05, 4.69) is 5.32 Å². The smallest absolute Gasteiger partial charge is 0.270 e. The van der Waals surface area contributed by atoms with Gasteiger partial charge in [0.1, 0.15) is 11.3 Å². The lowest BCUT2D eigenvalue weighted by Gasteiger charge is -2.30. The number of carbonyl (C=O) groups excluding carboxylic acids is 2.